The van der Waals surface area contributed by atoms with Crippen LogP contribution in [0.1, 0.15) is 23.0 Å². The summed E-state index contributed by atoms with van der Waals surface area (Å²) in [5.74, 6) is 1.81. The second kappa shape index (κ2) is 11.9. The quantitative estimate of drug-likeness (QED) is 0.198. The molecule has 0 saturated heterocycles. The van der Waals surface area contributed by atoms with Crippen molar-refractivity contribution in [3.05, 3.63) is 108 Å². The number of aliphatic hydroxyl groups excluding tert-OH is 1. The van der Waals surface area contributed by atoms with Crippen molar-refractivity contribution in [1.29, 1.82) is 0 Å². The van der Waals surface area contributed by atoms with Crippen molar-refractivity contribution in [3.8, 4) is 39.9 Å². The van der Waals surface area contributed by atoms with E-state index in [1.54, 1.807) is 31.4 Å². The summed E-state index contributed by atoms with van der Waals surface area (Å²) in [6.45, 7) is 0.251. The van der Waals surface area contributed by atoms with E-state index < -0.39 is 6.10 Å². The summed E-state index contributed by atoms with van der Waals surface area (Å²) in [6, 6.07) is 26.0. The topological polar surface area (TPSA) is 90.5 Å². The standard InChI is InChI=1S/C33H30O7/c1-36-28-20-27-23(17-25(28)34)31(22-14-8-5-9-15-22)33(40-27)32(35)24-18-29(37-2)30(38-3)19-26(24)39-16-10-13-21-11-6-4-7-12-21/h4-15,17-20,32,34-35H,16H2,1-3H3/b13-10+. The first kappa shape index (κ1) is 26.7. The smallest absolute Gasteiger partial charge is 0.164 e. The molecule has 0 fully saturated rings. The minimum absolute atomic E-state index is 0.0330. The highest BCUT2D eigenvalue weighted by Crippen LogP contribution is 2.46. The molecule has 0 aliphatic heterocycles. The molecule has 204 valence electrons. The van der Waals surface area contributed by atoms with Gasteiger partial charge >= 0.3 is 0 Å². The Morgan fingerprint density at radius 1 is 0.775 bits per heavy atom. The Morgan fingerprint density at radius 3 is 2.10 bits per heavy atom. The van der Waals surface area contributed by atoms with Crippen molar-refractivity contribution in [2.45, 2.75) is 6.10 Å². The molecule has 1 unspecified atom stereocenters. The fraction of sp³-hybridized carbons (Fsp3) is 0.152. The van der Waals surface area contributed by atoms with Crippen LogP contribution >= 0.6 is 0 Å². The predicted octanol–water partition coefficient (Wildman–Crippen LogP) is 7.01. The summed E-state index contributed by atoms with van der Waals surface area (Å²) in [4.78, 5) is 0. The third kappa shape index (κ3) is 5.32. The first-order valence-corrected chi connectivity index (χ1v) is 12.7. The maximum absolute atomic E-state index is 11.8. The lowest BCUT2D eigenvalue weighted by molar-refractivity contribution is 0.186. The molecule has 7 heteroatoms. The van der Waals surface area contributed by atoms with Gasteiger partial charge in [0.25, 0.3) is 0 Å². The molecule has 0 amide bonds. The Bertz CT molecular complexity index is 1620. The predicted molar refractivity (Wildman–Crippen MR) is 154 cm³/mol. The fourth-order valence-corrected chi connectivity index (χ4v) is 4.63. The molecule has 1 atom stereocenters. The van der Waals surface area contributed by atoms with E-state index in [-0.39, 0.29) is 23.9 Å². The Labute approximate surface area is 232 Å². The number of ether oxygens (including phenoxy) is 4. The molecule has 0 spiro atoms. The number of phenols is 1. The van der Waals surface area contributed by atoms with Crippen LogP contribution in [0.3, 0.4) is 0 Å². The van der Waals surface area contributed by atoms with Crippen LogP contribution < -0.4 is 18.9 Å². The van der Waals surface area contributed by atoms with Crippen molar-refractivity contribution in [1.82, 2.24) is 0 Å². The normalized spacial score (nSPS) is 12.0. The van der Waals surface area contributed by atoms with Gasteiger partial charge in [-0.25, -0.2) is 0 Å². The number of hydrogen-bond donors (Lipinski definition) is 2. The van der Waals surface area contributed by atoms with Crippen molar-refractivity contribution < 1.29 is 33.6 Å². The minimum atomic E-state index is -1.25. The molecule has 1 aromatic heterocycles. The van der Waals surface area contributed by atoms with E-state index in [4.69, 9.17) is 23.4 Å². The number of methoxy groups -OCH3 is 3. The van der Waals surface area contributed by atoms with Crippen LogP contribution in [0.4, 0.5) is 0 Å². The van der Waals surface area contributed by atoms with Gasteiger partial charge in [0.2, 0.25) is 0 Å². The molecule has 2 N–H and O–H groups in total. The maximum atomic E-state index is 11.8. The molecule has 40 heavy (non-hydrogen) atoms. The van der Waals surface area contributed by atoms with Crippen LogP contribution in [0, 0.1) is 0 Å². The lowest BCUT2D eigenvalue weighted by atomic mass is 9.96. The maximum Gasteiger partial charge on any atom is 0.164 e. The van der Waals surface area contributed by atoms with Gasteiger partial charge in [0.05, 0.1) is 21.3 Å². The molecule has 0 aliphatic carbocycles. The number of phenolic OH excluding ortho intramolecular Hbond substituents is 1. The van der Waals surface area contributed by atoms with Gasteiger partial charge in [0.15, 0.2) is 23.0 Å². The van der Waals surface area contributed by atoms with Gasteiger partial charge in [-0.15, -0.1) is 0 Å². The SMILES string of the molecule is COc1cc2oc(C(O)c3cc(OC)c(OC)cc3OC/C=C/c3ccccc3)c(-c3ccccc3)c2cc1O. The highest BCUT2D eigenvalue weighted by atomic mass is 16.5. The summed E-state index contributed by atoms with van der Waals surface area (Å²) in [5, 5.41) is 23.0. The number of hydrogen-bond acceptors (Lipinski definition) is 7. The van der Waals surface area contributed by atoms with Crippen LogP contribution in [-0.2, 0) is 0 Å². The number of aromatic hydroxyl groups is 1. The molecule has 0 bridgehead atoms. The van der Waals surface area contributed by atoms with Gasteiger partial charge in [0, 0.05) is 28.6 Å². The van der Waals surface area contributed by atoms with E-state index in [0.29, 0.717) is 39.3 Å². The van der Waals surface area contributed by atoms with Crippen molar-refractivity contribution in [2.75, 3.05) is 27.9 Å². The Morgan fingerprint density at radius 2 is 1.43 bits per heavy atom. The Balaban J connectivity index is 1.61. The third-order valence-electron chi connectivity index (χ3n) is 6.58. The first-order chi connectivity index (χ1) is 19.5. The van der Waals surface area contributed by atoms with Gasteiger partial charge in [0.1, 0.15) is 29.8 Å². The first-order valence-electron chi connectivity index (χ1n) is 12.7. The highest BCUT2D eigenvalue weighted by molar-refractivity contribution is 5.98. The molecule has 5 rings (SSSR count). The lowest BCUT2D eigenvalue weighted by Crippen LogP contribution is -2.06. The summed E-state index contributed by atoms with van der Waals surface area (Å²) in [6.07, 6.45) is 2.61. The summed E-state index contributed by atoms with van der Waals surface area (Å²) in [5.41, 5.74) is 3.39. The molecule has 0 radical (unpaired) electrons. The van der Waals surface area contributed by atoms with E-state index in [2.05, 4.69) is 0 Å². The van der Waals surface area contributed by atoms with E-state index in [1.165, 1.54) is 14.2 Å². The van der Waals surface area contributed by atoms with E-state index in [9.17, 15) is 10.2 Å². The van der Waals surface area contributed by atoms with Gasteiger partial charge in [-0.05, 0) is 29.3 Å². The van der Waals surface area contributed by atoms with Crippen LogP contribution in [0.2, 0.25) is 0 Å². The average Bonchev–Trinajstić information content (AvgIpc) is 3.37. The third-order valence-corrected chi connectivity index (χ3v) is 6.58. The molecule has 0 aliphatic rings. The van der Waals surface area contributed by atoms with E-state index in [1.807, 2.05) is 72.8 Å². The van der Waals surface area contributed by atoms with Crippen LogP contribution in [0.5, 0.6) is 28.7 Å². The van der Waals surface area contributed by atoms with Gasteiger partial charge in [-0.2, -0.15) is 0 Å². The van der Waals surface area contributed by atoms with Gasteiger partial charge in [-0.3, -0.25) is 0 Å². The summed E-state index contributed by atoms with van der Waals surface area (Å²) >= 11 is 0. The molecule has 4 aromatic carbocycles. The van der Waals surface area contributed by atoms with Crippen LogP contribution in [0.15, 0.2) is 95.4 Å². The van der Waals surface area contributed by atoms with Crippen molar-refractivity contribution in [2.24, 2.45) is 0 Å². The lowest BCUT2D eigenvalue weighted by Gasteiger charge is -2.19. The monoisotopic (exact) mass is 538 g/mol. The van der Waals surface area contributed by atoms with Crippen LogP contribution in [0.25, 0.3) is 28.2 Å². The van der Waals surface area contributed by atoms with Gasteiger partial charge < -0.3 is 33.6 Å². The second-order valence-electron chi connectivity index (χ2n) is 9.00. The van der Waals surface area contributed by atoms with E-state index in [0.717, 1.165) is 11.1 Å². The van der Waals surface area contributed by atoms with Crippen LogP contribution in [-0.4, -0.2) is 38.1 Å². The second-order valence-corrected chi connectivity index (χ2v) is 9.00. The molecule has 7 nitrogen and oxygen atoms in total. The molecule has 1 heterocycles. The van der Waals surface area contributed by atoms with E-state index >= 15 is 0 Å². The number of benzene rings is 4. The van der Waals surface area contributed by atoms with Gasteiger partial charge in [-0.1, -0.05) is 66.7 Å². The molecular weight excluding hydrogens is 508 g/mol. The van der Waals surface area contributed by atoms with Crippen molar-refractivity contribution >= 4 is 17.0 Å². The Hall–Kier alpha value is -4.88. The molecule has 5 aromatic rings. The minimum Gasteiger partial charge on any atom is -0.504 e. The number of rotatable bonds is 10. The van der Waals surface area contributed by atoms with Crippen molar-refractivity contribution in [3.63, 3.8) is 0 Å². The summed E-state index contributed by atoms with van der Waals surface area (Å²) in [7, 11) is 4.54. The number of furan rings is 1. The fourth-order valence-electron chi connectivity index (χ4n) is 4.63. The number of aliphatic hydroxyl groups is 1. The Kier molecular flexibility index (Phi) is 7.94. The average molecular weight is 539 g/mol. The largest absolute Gasteiger partial charge is 0.504 e. The highest BCUT2D eigenvalue weighted by Gasteiger charge is 2.28. The molecule has 0 saturated carbocycles. The number of fused-ring (bicyclic) bond motifs is 1. The zero-order valence-electron chi connectivity index (χ0n) is 22.5. The zero-order chi connectivity index (χ0) is 28.1. The zero-order valence-corrected chi connectivity index (χ0v) is 22.5. The summed E-state index contributed by atoms with van der Waals surface area (Å²) < 4.78 is 28.7. The molecular formula is C33H30O7.